The quantitative estimate of drug-likeness (QED) is 0.490. The number of piperazine rings is 2. The van der Waals surface area contributed by atoms with Gasteiger partial charge in [0.15, 0.2) is 5.69 Å². The number of carbonyl (C=O) groups is 1. The minimum atomic E-state index is -0.464. The molecular weight excluding hydrogens is 470 g/mol. The lowest BCUT2D eigenvalue weighted by molar-refractivity contribution is -0.000850. The summed E-state index contributed by atoms with van der Waals surface area (Å²) in [6.07, 6.45) is 2.04. The van der Waals surface area contributed by atoms with Gasteiger partial charge in [-0.15, -0.1) is 0 Å². The van der Waals surface area contributed by atoms with Crippen LogP contribution in [0, 0.1) is 5.92 Å². The van der Waals surface area contributed by atoms with Gasteiger partial charge in [-0.1, -0.05) is 39.0 Å². The number of oxazole rings is 1. The number of β-amino-alcohol motifs (C(OH)–C–C–N with tert-alkyl or cyclic N) is 1. The molecule has 0 radical (unpaired) electrons. The number of anilines is 1. The van der Waals surface area contributed by atoms with Crippen molar-refractivity contribution < 1.29 is 19.1 Å². The van der Waals surface area contributed by atoms with Gasteiger partial charge in [0.1, 0.15) is 6.26 Å². The highest BCUT2D eigenvalue weighted by atomic mass is 16.5. The van der Waals surface area contributed by atoms with E-state index in [0.717, 1.165) is 45.7 Å². The summed E-state index contributed by atoms with van der Waals surface area (Å²) in [5.41, 5.74) is 3.01. The molecule has 2 aliphatic rings. The van der Waals surface area contributed by atoms with E-state index in [2.05, 4.69) is 64.7 Å². The standard InChI is InChI=1S/C28H43N5O4/c1-4-23-7-5-6-8-26(23)32-13-15-33(16-14-32)28(35)25-21-37-27(29-25)18-31-11-9-30(10-12-31)17-24(34)20-36-19-22(2)3/h5-8,21-22,24,34H,4,9-20H2,1-3H3. The average Bonchev–Trinajstić information content (AvgIpc) is 3.37. The van der Waals surface area contributed by atoms with Gasteiger partial charge in [-0.2, -0.15) is 0 Å². The molecule has 204 valence electrons. The van der Waals surface area contributed by atoms with Crippen molar-refractivity contribution in [2.45, 2.75) is 39.8 Å². The molecular formula is C28H43N5O4. The number of ether oxygens (including phenoxy) is 1. The van der Waals surface area contributed by atoms with E-state index in [1.165, 1.54) is 17.5 Å². The molecule has 2 aliphatic heterocycles. The molecule has 1 aromatic heterocycles. The highest BCUT2D eigenvalue weighted by molar-refractivity contribution is 5.92. The number of rotatable bonds is 11. The second kappa shape index (κ2) is 13.4. The maximum atomic E-state index is 13.1. The van der Waals surface area contributed by atoms with Gasteiger partial charge in [-0.3, -0.25) is 14.6 Å². The Balaban J connectivity index is 1.19. The van der Waals surface area contributed by atoms with E-state index in [-0.39, 0.29) is 5.91 Å². The normalized spacial score (nSPS) is 18.5. The Morgan fingerprint density at radius 1 is 1.03 bits per heavy atom. The van der Waals surface area contributed by atoms with Gasteiger partial charge in [0.05, 0.1) is 19.3 Å². The van der Waals surface area contributed by atoms with E-state index >= 15 is 0 Å². The van der Waals surface area contributed by atoms with Gasteiger partial charge in [0.25, 0.3) is 5.91 Å². The first-order valence-corrected chi connectivity index (χ1v) is 13.7. The minimum absolute atomic E-state index is 0.0584. The maximum absolute atomic E-state index is 13.1. The fraction of sp³-hybridized carbons (Fsp3) is 0.643. The van der Waals surface area contributed by atoms with Gasteiger partial charge in [0, 0.05) is 71.2 Å². The van der Waals surface area contributed by atoms with E-state index < -0.39 is 6.10 Å². The van der Waals surface area contributed by atoms with Gasteiger partial charge < -0.3 is 24.1 Å². The Bertz CT molecular complexity index is 980. The van der Waals surface area contributed by atoms with Crippen LogP contribution in [0.25, 0.3) is 0 Å². The molecule has 2 aromatic rings. The Morgan fingerprint density at radius 2 is 1.73 bits per heavy atom. The van der Waals surface area contributed by atoms with E-state index in [9.17, 15) is 9.90 Å². The molecule has 0 spiro atoms. The Kier molecular flexibility index (Phi) is 9.96. The molecule has 2 saturated heterocycles. The summed E-state index contributed by atoms with van der Waals surface area (Å²) in [7, 11) is 0. The second-order valence-electron chi connectivity index (χ2n) is 10.5. The number of carbonyl (C=O) groups excluding carboxylic acids is 1. The summed E-state index contributed by atoms with van der Waals surface area (Å²) in [6, 6.07) is 8.51. The van der Waals surface area contributed by atoms with Crippen LogP contribution in [0.4, 0.5) is 5.69 Å². The van der Waals surface area contributed by atoms with Crippen molar-refractivity contribution in [3.63, 3.8) is 0 Å². The van der Waals surface area contributed by atoms with E-state index in [1.54, 1.807) is 0 Å². The largest absolute Gasteiger partial charge is 0.447 e. The number of hydrogen-bond donors (Lipinski definition) is 1. The van der Waals surface area contributed by atoms with Gasteiger partial charge >= 0.3 is 0 Å². The van der Waals surface area contributed by atoms with Crippen LogP contribution in [0.1, 0.15) is 42.7 Å². The second-order valence-corrected chi connectivity index (χ2v) is 10.5. The average molecular weight is 514 g/mol. The van der Waals surface area contributed by atoms with Crippen LogP contribution in [0.2, 0.25) is 0 Å². The van der Waals surface area contributed by atoms with Crippen molar-refractivity contribution in [2.75, 3.05) is 77.0 Å². The van der Waals surface area contributed by atoms with Crippen LogP contribution in [-0.2, 0) is 17.7 Å². The summed E-state index contributed by atoms with van der Waals surface area (Å²) in [5.74, 6) is 0.993. The molecule has 0 aliphatic carbocycles. The number of aliphatic hydroxyl groups is 1. The van der Waals surface area contributed by atoms with Gasteiger partial charge in [-0.05, 0) is 24.0 Å². The van der Waals surface area contributed by atoms with Crippen molar-refractivity contribution in [1.29, 1.82) is 0 Å². The third-order valence-corrected chi connectivity index (χ3v) is 7.11. The molecule has 1 aromatic carbocycles. The van der Waals surface area contributed by atoms with Gasteiger partial charge in [0.2, 0.25) is 5.89 Å². The molecule has 4 rings (SSSR count). The zero-order valence-electron chi connectivity index (χ0n) is 22.6. The SMILES string of the molecule is CCc1ccccc1N1CCN(C(=O)c2coc(CN3CCN(CC(O)COCC(C)C)CC3)n2)CC1. The van der Waals surface area contributed by atoms with Crippen LogP contribution >= 0.6 is 0 Å². The van der Waals surface area contributed by atoms with Crippen LogP contribution in [-0.4, -0.2) is 109 Å². The van der Waals surface area contributed by atoms with Crippen molar-refractivity contribution in [2.24, 2.45) is 5.92 Å². The molecule has 0 saturated carbocycles. The zero-order chi connectivity index (χ0) is 26.2. The first-order valence-electron chi connectivity index (χ1n) is 13.7. The Labute approximate surface area is 221 Å². The predicted molar refractivity (Wildman–Crippen MR) is 144 cm³/mol. The molecule has 37 heavy (non-hydrogen) atoms. The summed E-state index contributed by atoms with van der Waals surface area (Å²) >= 11 is 0. The summed E-state index contributed by atoms with van der Waals surface area (Å²) < 4.78 is 11.2. The van der Waals surface area contributed by atoms with E-state index in [4.69, 9.17) is 9.15 Å². The first kappa shape index (κ1) is 27.6. The number of aromatic nitrogens is 1. The van der Waals surface area contributed by atoms with Crippen LogP contribution < -0.4 is 4.90 Å². The molecule has 1 unspecified atom stereocenters. The lowest BCUT2D eigenvalue weighted by atomic mass is 10.1. The number of amides is 1. The highest BCUT2D eigenvalue weighted by Crippen LogP contribution is 2.23. The highest BCUT2D eigenvalue weighted by Gasteiger charge is 2.26. The molecule has 3 heterocycles. The smallest absolute Gasteiger partial charge is 0.275 e. The fourth-order valence-corrected chi connectivity index (χ4v) is 5.02. The Hall–Kier alpha value is -2.46. The number of hydrogen-bond acceptors (Lipinski definition) is 8. The number of benzene rings is 1. The van der Waals surface area contributed by atoms with E-state index in [0.29, 0.717) is 56.9 Å². The number of aryl methyl sites for hydroxylation is 1. The van der Waals surface area contributed by atoms with Crippen molar-refractivity contribution in [3.05, 3.63) is 47.7 Å². The lowest BCUT2D eigenvalue weighted by Crippen LogP contribution is -2.49. The summed E-state index contributed by atoms with van der Waals surface area (Å²) in [6.45, 7) is 15.1. The van der Waals surface area contributed by atoms with Crippen molar-refractivity contribution in [3.8, 4) is 0 Å². The van der Waals surface area contributed by atoms with Crippen LogP contribution in [0.15, 0.2) is 34.9 Å². The molecule has 1 N–H and O–H groups in total. The fourth-order valence-electron chi connectivity index (χ4n) is 5.02. The first-order chi connectivity index (χ1) is 17.9. The van der Waals surface area contributed by atoms with Gasteiger partial charge in [-0.25, -0.2) is 4.98 Å². The number of nitrogens with zero attached hydrogens (tertiary/aromatic N) is 5. The number of para-hydroxylation sites is 1. The third-order valence-electron chi connectivity index (χ3n) is 7.11. The van der Waals surface area contributed by atoms with Crippen molar-refractivity contribution >= 4 is 11.6 Å². The Morgan fingerprint density at radius 3 is 2.43 bits per heavy atom. The molecule has 1 atom stereocenters. The lowest BCUT2D eigenvalue weighted by Gasteiger charge is -2.36. The number of aliphatic hydroxyl groups excluding tert-OH is 1. The molecule has 2 fully saturated rings. The molecule has 1 amide bonds. The third kappa shape index (κ3) is 7.77. The van der Waals surface area contributed by atoms with Crippen molar-refractivity contribution in [1.82, 2.24) is 19.7 Å². The maximum Gasteiger partial charge on any atom is 0.275 e. The summed E-state index contributed by atoms with van der Waals surface area (Å²) in [5, 5.41) is 10.2. The molecule has 0 bridgehead atoms. The van der Waals surface area contributed by atoms with Crippen LogP contribution in [0.3, 0.4) is 0 Å². The van der Waals surface area contributed by atoms with E-state index in [1.807, 2.05) is 4.90 Å². The molecule has 9 nitrogen and oxygen atoms in total. The monoisotopic (exact) mass is 513 g/mol. The molecule has 9 heteroatoms. The van der Waals surface area contributed by atoms with Crippen LogP contribution in [0.5, 0.6) is 0 Å². The minimum Gasteiger partial charge on any atom is -0.447 e. The topological polar surface area (TPSA) is 85.5 Å². The predicted octanol–water partition coefficient (Wildman–Crippen LogP) is 2.35. The zero-order valence-corrected chi connectivity index (χ0v) is 22.6. The summed E-state index contributed by atoms with van der Waals surface area (Å²) in [4.78, 5) is 26.4.